The Bertz CT molecular complexity index is 1750. The molecule has 0 spiro atoms. The lowest BCUT2D eigenvalue weighted by molar-refractivity contribution is -0.128. The lowest BCUT2D eigenvalue weighted by Crippen LogP contribution is -2.53. The molecule has 1 aliphatic heterocycles. The number of nitrogens with two attached hydrogens (primary N) is 2. The topological polar surface area (TPSA) is 169 Å². The molecule has 0 saturated carbocycles. The zero-order valence-corrected chi connectivity index (χ0v) is 28.6. The van der Waals surface area contributed by atoms with E-state index in [2.05, 4.69) is 49.6 Å². The summed E-state index contributed by atoms with van der Waals surface area (Å²) < 4.78 is 7.59. The standard InChI is InChI=1S/C38H48N8O4/c1-2-46-25-29(24-45-20-9-10-21-45)31-18-17-30(23-34(31)46)42-36(48)33(22-27-12-5-3-6-13-27)43-35(47)32(16-11-19-41-37(39)40)44-38(49)50-26-28-14-7-4-8-15-28/h3-8,12-15,17-18,23,25,32-33H,2,9-11,16,19-22,24,26H2,1H3,(H,42,48)(H,43,47)(H,44,49)(H4,39,40,41)/t32-,33-/m0/s1. The van der Waals surface area contributed by atoms with Gasteiger partial charge in [-0.3, -0.25) is 19.5 Å². The summed E-state index contributed by atoms with van der Waals surface area (Å²) in [6, 6.07) is 22.7. The maximum absolute atomic E-state index is 13.9. The second-order valence-electron chi connectivity index (χ2n) is 12.6. The number of benzene rings is 3. The first kappa shape index (κ1) is 35.9. The molecule has 0 radical (unpaired) electrons. The molecule has 0 bridgehead atoms. The molecule has 3 amide bonds. The van der Waals surface area contributed by atoms with Gasteiger partial charge in [-0.1, -0.05) is 66.7 Å². The molecule has 50 heavy (non-hydrogen) atoms. The number of guanidine groups is 1. The number of aromatic nitrogens is 1. The van der Waals surface area contributed by atoms with E-state index in [0.717, 1.165) is 42.8 Å². The van der Waals surface area contributed by atoms with Gasteiger partial charge in [-0.25, -0.2) is 4.79 Å². The van der Waals surface area contributed by atoms with Crippen LogP contribution in [0.5, 0.6) is 0 Å². The van der Waals surface area contributed by atoms with Crippen LogP contribution < -0.4 is 27.4 Å². The van der Waals surface area contributed by atoms with E-state index < -0.39 is 24.1 Å². The number of aryl methyl sites for hydroxylation is 1. The van der Waals surface area contributed by atoms with Crippen LogP contribution in [0.15, 0.2) is 90.1 Å². The van der Waals surface area contributed by atoms with Crippen molar-refractivity contribution in [3.05, 3.63) is 102 Å². The Balaban J connectivity index is 1.31. The van der Waals surface area contributed by atoms with Crippen molar-refractivity contribution < 1.29 is 19.1 Å². The largest absolute Gasteiger partial charge is 0.445 e. The summed E-state index contributed by atoms with van der Waals surface area (Å²) in [5.41, 5.74) is 15.6. The molecule has 2 heterocycles. The van der Waals surface area contributed by atoms with Crippen LogP contribution in [0.2, 0.25) is 0 Å². The van der Waals surface area contributed by atoms with Gasteiger partial charge < -0.3 is 36.7 Å². The summed E-state index contributed by atoms with van der Waals surface area (Å²) in [6.07, 6.45) is 4.78. The maximum atomic E-state index is 13.9. The van der Waals surface area contributed by atoms with Crippen molar-refractivity contribution in [2.45, 2.75) is 70.8 Å². The Morgan fingerprint density at radius 1 is 0.880 bits per heavy atom. The van der Waals surface area contributed by atoms with Gasteiger partial charge in [-0.05, 0) is 74.5 Å². The molecule has 7 N–H and O–H groups in total. The molecule has 1 aromatic heterocycles. The number of aliphatic imine (C=N–C) groups is 1. The molecule has 1 aliphatic rings. The molecular weight excluding hydrogens is 632 g/mol. The number of ether oxygens (including phenoxy) is 1. The second-order valence-corrected chi connectivity index (χ2v) is 12.6. The molecule has 0 aliphatic carbocycles. The number of rotatable bonds is 16. The summed E-state index contributed by atoms with van der Waals surface area (Å²) in [5, 5.41) is 9.78. The minimum atomic E-state index is -1.00. The highest BCUT2D eigenvalue weighted by Gasteiger charge is 2.28. The van der Waals surface area contributed by atoms with Crippen LogP contribution in [-0.4, -0.2) is 65.1 Å². The Labute approximate surface area is 293 Å². The van der Waals surface area contributed by atoms with E-state index in [0.29, 0.717) is 12.1 Å². The summed E-state index contributed by atoms with van der Waals surface area (Å²) in [7, 11) is 0. The monoisotopic (exact) mass is 680 g/mol. The number of nitrogens with one attached hydrogen (secondary N) is 3. The Kier molecular flexibility index (Phi) is 12.8. The first-order valence-corrected chi connectivity index (χ1v) is 17.3. The molecule has 0 unspecified atom stereocenters. The average molecular weight is 681 g/mol. The third-order valence-electron chi connectivity index (χ3n) is 8.85. The number of likely N-dealkylation sites (tertiary alicyclic amines) is 1. The van der Waals surface area contributed by atoms with Crippen molar-refractivity contribution in [1.82, 2.24) is 20.1 Å². The highest BCUT2D eigenvalue weighted by molar-refractivity contribution is 6.00. The van der Waals surface area contributed by atoms with Crippen molar-refractivity contribution in [3.63, 3.8) is 0 Å². The van der Waals surface area contributed by atoms with E-state index in [1.807, 2.05) is 72.8 Å². The molecule has 4 aromatic rings. The van der Waals surface area contributed by atoms with Gasteiger partial charge in [0.15, 0.2) is 5.96 Å². The van der Waals surface area contributed by atoms with Crippen LogP contribution >= 0.6 is 0 Å². The molecule has 2 atom stereocenters. The molecule has 1 fully saturated rings. The van der Waals surface area contributed by atoms with Crippen molar-refractivity contribution in [3.8, 4) is 0 Å². The number of anilines is 1. The number of carbonyl (C=O) groups is 3. The van der Waals surface area contributed by atoms with Crippen LogP contribution in [0, 0.1) is 0 Å². The summed E-state index contributed by atoms with van der Waals surface area (Å²) in [6.45, 7) is 6.34. The highest BCUT2D eigenvalue weighted by Crippen LogP contribution is 2.27. The van der Waals surface area contributed by atoms with E-state index in [1.54, 1.807) is 0 Å². The number of nitrogens with zero attached hydrogens (tertiary/aromatic N) is 3. The first-order chi connectivity index (χ1) is 24.3. The molecular formula is C38H48N8O4. The van der Waals surface area contributed by atoms with Crippen molar-refractivity contribution in [1.29, 1.82) is 0 Å². The number of alkyl carbamates (subject to hydrolysis) is 1. The zero-order valence-electron chi connectivity index (χ0n) is 28.6. The number of fused-ring (bicyclic) bond motifs is 1. The van der Waals surface area contributed by atoms with Crippen molar-refractivity contribution >= 4 is 40.5 Å². The highest BCUT2D eigenvalue weighted by atomic mass is 16.5. The van der Waals surface area contributed by atoms with Gasteiger partial charge in [0.25, 0.3) is 0 Å². The van der Waals surface area contributed by atoms with Crippen LogP contribution in [0.25, 0.3) is 10.9 Å². The lowest BCUT2D eigenvalue weighted by atomic mass is 10.0. The van der Waals surface area contributed by atoms with Gasteiger partial charge in [0.1, 0.15) is 18.7 Å². The molecule has 5 rings (SSSR count). The predicted octanol–water partition coefficient (Wildman–Crippen LogP) is 4.27. The Hall–Kier alpha value is -5.36. The number of carbonyl (C=O) groups excluding carboxylic acids is 3. The molecule has 264 valence electrons. The quantitative estimate of drug-likeness (QED) is 0.0669. The fourth-order valence-electron chi connectivity index (χ4n) is 6.26. The molecule has 12 nitrogen and oxygen atoms in total. The van der Waals surface area contributed by atoms with Crippen molar-refractivity contribution in [2.75, 3.05) is 25.0 Å². The van der Waals surface area contributed by atoms with Gasteiger partial charge >= 0.3 is 6.09 Å². The average Bonchev–Trinajstić information content (AvgIpc) is 3.76. The number of hydrogen-bond donors (Lipinski definition) is 5. The van der Waals surface area contributed by atoms with Crippen LogP contribution in [0.3, 0.4) is 0 Å². The fraction of sp³-hybridized carbons (Fsp3) is 0.368. The van der Waals surface area contributed by atoms with Crippen molar-refractivity contribution in [2.24, 2.45) is 16.5 Å². The lowest BCUT2D eigenvalue weighted by Gasteiger charge is -2.23. The van der Waals surface area contributed by atoms with Gasteiger partial charge in [-0.2, -0.15) is 0 Å². The second kappa shape index (κ2) is 17.9. The summed E-state index contributed by atoms with van der Waals surface area (Å²) in [5.74, 6) is -0.961. The first-order valence-electron chi connectivity index (χ1n) is 17.3. The molecule has 3 aromatic carbocycles. The zero-order chi connectivity index (χ0) is 35.3. The van der Waals surface area contributed by atoms with E-state index in [4.69, 9.17) is 16.2 Å². The fourth-order valence-corrected chi connectivity index (χ4v) is 6.26. The van der Waals surface area contributed by atoms with Crippen LogP contribution in [0.1, 0.15) is 49.3 Å². The minimum absolute atomic E-state index is 0.0412. The number of amides is 3. The Morgan fingerprint density at radius 3 is 2.26 bits per heavy atom. The third kappa shape index (κ3) is 10.3. The van der Waals surface area contributed by atoms with E-state index in [9.17, 15) is 14.4 Å². The van der Waals surface area contributed by atoms with E-state index in [1.165, 1.54) is 23.8 Å². The summed E-state index contributed by atoms with van der Waals surface area (Å²) in [4.78, 5) is 47.0. The molecule has 1 saturated heterocycles. The smallest absolute Gasteiger partial charge is 0.408 e. The third-order valence-corrected chi connectivity index (χ3v) is 8.85. The van der Waals surface area contributed by atoms with E-state index >= 15 is 0 Å². The van der Waals surface area contributed by atoms with Gasteiger partial charge in [0.05, 0.1) is 5.52 Å². The summed E-state index contributed by atoms with van der Waals surface area (Å²) >= 11 is 0. The SMILES string of the molecule is CCn1cc(CN2CCCC2)c2ccc(NC(=O)[C@H](Cc3ccccc3)NC(=O)[C@H](CCCN=C(N)N)NC(=O)OCc3ccccc3)cc21. The van der Waals surface area contributed by atoms with E-state index in [-0.39, 0.29) is 37.9 Å². The number of hydrogen-bond acceptors (Lipinski definition) is 6. The maximum Gasteiger partial charge on any atom is 0.408 e. The van der Waals surface area contributed by atoms with Gasteiger partial charge in [0, 0.05) is 43.3 Å². The van der Waals surface area contributed by atoms with Gasteiger partial charge in [0.2, 0.25) is 11.8 Å². The predicted molar refractivity (Wildman–Crippen MR) is 196 cm³/mol. The van der Waals surface area contributed by atoms with Gasteiger partial charge in [-0.15, -0.1) is 0 Å². The Morgan fingerprint density at radius 2 is 1.58 bits per heavy atom. The van der Waals surface area contributed by atoms with Crippen LogP contribution in [-0.2, 0) is 40.4 Å². The normalized spacial score (nSPS) is 14.1. The molecule has 12 heteroatoms. The van der Waals surface area contributed by atoms with Crippen LogP contribution in [0.4, 0.5) is 10.5 Å². The minimum Gasteiger partial charge on any atom is -0.445 e.